The Labute approximate surface area is 119 Å². The van der Waals surface area contributed by atoms with E-state index in [1.165, 1.54) is 22.8 Å². The van der Waals surface area contributed by atoms with Crippen molar-refractivity contribution in [2.24, 2.45) is 0 Å². The molecule has 0 radical (unpaired) electrons. The molecule has 0 unspecified atom stereocenters. The lowest BCUT2D eigenvalue weighted by molar-refractivity contribution is 0.0431. The predicted molar refractivity (Wildman–Crippen MR) is 74.0 cm³/mol. The molecule has 0 aliphatic rings. The molecular formula is C15H12N2O4. The molecule has 0 saturated heterocycles. The Morgan fingerprint density at radius 3 is 3.00 bits per heavy atom. The van der Waals surface area contributed by atoms with E-state index in [4.69, 9.17) is 9.15 Å². The van der Waals surface area contributed by atoms with E-state index < -0.39 is 5.97 Å². The van der Waals surface area contributed by atoms with Gasteiger partial charge in [0.05, 0.1) is 12.0 Å². The molecule has 3 aromatic heterocycles. The Balaban J connectivity index is 1.83. The normalized spacial score (nSPS) is 10.7. The lowest BCUT2D eigenvalue weighted by Crippen LogP contribution is -2.16. The van der Waals surface area contributed by atoms with E-state index in [1.54, 1.807) is 18.3 Å². The highest BCUT2D eigenvalue weighted by Crippen LogP contribution is 2.06. The third-order valence-electron chi connectivity index (χ3n) is 2.93. The largest absolute Gasteiger partial charge is 0.457 e. The number of hydrogen-bond donors (Lipinski definition) is 0. The number of aromatic nitrogens is 2. The van der Waals surface area contributed by atoms with Crippen LogP contribution < -0.4 is 5.56 Å². The predicted octanol–water partition coefficient (Wildman–Crippen LogP) is 1.95. The number of carbonyl (C=O) groups is 1. The Kier molecular flexibility index (Phi) is 3.27. The summed E-state index contributed by atoms with van der Waals surface area (Å²) in [6.07, 6.45) is 3.10. The molecule has 3 heterocycles. The van der Waals surface area contributed by atoms with Crippen molar-refractivity contribution in [3.8, 4) is 0 Å². The summed E-state index contributed by atoms with van der Waals surface area (Å²) in [6.45, 7) is 1.81. The molecule has 21 heavy (non-hydrogen) atoms. The summed E-state index contributed by atoms with van der Waals surface area (Å²) in [7, 11) is 0. The van der Waals surface area contributed by atoms with Crippen LogP contribution in [0.25, 0.3) is 5.65 Å². The van der Waals surface area contributed by atoms with Gasteiger partial charge in [-0.05, 0) is 30.7 Å². The van der Waals surface area contributed by atoms with Gasteiger partial charge in [0.25, 0.3) is 5.56 Å². The SMILES string of the molecule is Cc1ccc2nc(COC(=O)c3ccco3)cc(=O)n2c1. The third kappa shape index (κ3) is 2.69. The Hall–Kier alpha value is -2.89. The molecule has 106 valence electrons. The van der Waals surface area contributed by atoms with Gasteiger partial charge in [-0.2, -0.15) is 0 Å². The van der Waals surface area contributed by atoms with Crippen LogP contribution in [0.15, 0.2) is 52.0 Å². The number of aryl methyl sites for hydroxylation is 1. The smallest absolute Gasteiger partial charge is 0.374 e. The van der Waals surface area contributed by atoms with Crippen molar-refractivity contribution in [3.05, 3.63) is 70.2 Å². The van der Waals surface area contributed by atoms with E-state index in [0.29, 0.717) is 11.3 Å². The topological polar surface area (TPSA) is 73.8 Å². The summed E-state index contributed by atoms with van der Waals surface area (Å²) in [5.41, 5.74) is 1.65. The molecule has 0 spiro atoms. The average Bonchev–Trinajstić information content (AvgIpc) is 3.00. The van der Waals surface area contributed by atoms with Gasteiger partial charge in [0.1, 0.15) is 12.3 Å². The van der Waals surface area contributed by atoms with Crippen LogP contribution in [0.3, 0.4) is 0 Å². The van der Waals surface area contributed by atoms with Crippen LogP contribution in [0.1, 0.15) is 21.8 Å². The van der Waals surface area contributed by atoms with Gasteiger partial charge in [-0.15, -0.1) is 0 Å². The van der Waals surface area contributed by atoms with Gasteiger partial charge in [-0.3, -0.25) is 9.20 Å². The third-order valence-corrected chi connectivity index (χ3v) is 2.93. The zero-order chi connectivity index (χ0) is 14.8. The molecule has 0 bridgehead atoms. The lowest BCUT2D eigenvalue weighted by Gasteiger charge is -2.05. The fourth-order valence-electron chi connectivity index (χ4n) is 1.94. The quantitative estimate of drug-likeness (QED) is 0.687. The summed E-state index contributed by atoms with van der Waals surface area (Å²) >= 11 is 0. The molecule has 0 saturated carbocycles. The highest BCUT2D eigenvalue weighted by molar-refractivity contribution is 5.86. The van der Waals surface area contributed by atoms with Gasteiger partial charge in [0.2, 0.25) is 5.76 Å². The van der Waals surface area contributed by atoms with Crippen molar-refractivity contribution in [3.63, 3.8) is 0 Å². The number of fused-ring (bicyclic) bond motifs is 1. The highest BCUT2D eigenvalue weighted by Gasteiger charge is 2.11. The van der Waals surface area contributed by atoms with Crippen molar-refractivity contribution in [1.29, 1.82) is 0 Å². The first-order valence-corrected chi connectivity index (χ1v) is 6.33. The molecule has 0 atom stereocenters. The molecular weight excluding hydrogens is 272 g/mol. The highest BCUT2D eigenvalue weighted by atomic mass is 16.5. The summed E-state index contributed by atoms with van der Waals surface area (Å²) < 4.78 is 11.4. The standard InChI is InChI=1S/C15H12N2O4/c1-10-4-5-13-16-11(7-14(18)17(13)8-10)9-21-15(19)12-3-2-6-20-12/h2-8H,9H2,1H3. The monoisotopic (exact) mass is 284 g/mol. The van der Waals surface area contributed by atoms with Gasteiger partial charge in [0, 0.05) is 12.3 Å². The van der Waals surface area contributed by atoms with Crippen LogP contribution >= 0.6 is 0 Å². The first-order valence-electron chi connectivity index (χ1n) is 6.33. The second-order valence-corrected chi connectivity index (χ2v) is 4.57. The molecule has 0 amide bonds. The maximum absolute atomic E-state index is 12.0. The van der Waals surface area contributed by atoms with Gasteiger partial charge >= 0.3 is 5.97 Å². The number of pyridine rings is 1. The Morgan fingerprint density at radius 1 is 1.38 bits per heavy atom. The number of furan rings is 1. The summed E-state index contributed by atoms with van der Waals surface area (Å²) in [6, 6.07) is 8.06. The van der Waals surface area contributed by atoms with E-state index in [2.05, 4.69) is 4.98 Å². The number of rotatable bonds is 3. The number of esters is 1. The van der Waals surface area contributed by atoms with Gasteiger partial charge in [-0.1, -0.05) is 6.07 Å². The maximum atomic E-state index is 12.0. The van der Waals surface area contributed by atoms with Crippen molar-refractivity contribution in [2.75, 3.05) is 0 Å². The van der Waals surface area contributed by atoms with E-state index in [9.17, 15) is 9.59 Å². The van der Waals surface area contributed by atoms with E-state index >= 15 is 0 Å². The molecule has 0 N–H and O–H groups in total. The van der Waals surface area contributed by atoms with Crippen molar-refractivity contribution in [1.82, 2.24) is 9.38 Å². The maximum Gasteiger partial charge on any atom is 0.374 e. The van der Waals surface area contributed by atoms with Gasteiger partial charge < -0.3 is 9.15 Å². The Morgan fingerprint density at radius 2 is 2.24 bits per heavy atom. The van der Waals surface area contributed by atoms with Crippen molar-refractivity contribution in [2.45, 2.75) is 13.5 Å². The minimum atomic E-state index is -0.592. The molecule has 3 rings (SSSR count). The molecule has 0 aliphatic heterocycles. The number of hydrogen-bond acceptors (Lipinski definition) is 5. The average molecular weight is 284 g/mol. The number of carbonyl (C=O) groups excluding carboxylic acids is 1. The van der Waals surface area contributed by atoms with E-state index in [1.807, 2.05) is 13.0 Å². The first-order chi connectivity index (χ1) is 10.1. The molecule has 0 fully saturated rings. The van der Waals surface area contributed by atoms with Crippen molar-refractivity contribution >= 4 is 11.6 Å². The summed E-state index contributed by atoms with van der Waals surface area (Å²) in [4.78, 5) is 27.9. The van der Waals surface area contributed by atoms with Crippen LogP contribution in [0.2, 0.25) is 0 Å². The number of ether oxygens (including phenoxy) is 1. The number of nitrogens with zero attached hydrogens (tertiary/aromatic N) is 2. The van der Waals surface area contributed by atoms with Gasteiger partial charge in [-0.25, -0.2) is 9.78 Å². The van der Waals surface area contributed by atoms with Crippen LogP contribution in [-0.4, -0.2) is 15.4 Å². The van der Waals surface area contributed by atoms with Crippen LogP contribution in [0.4, 0.5) is 0 Å². The fourth-order valence-corrected chi connectivity index (χ4v) is 1.94. The minimum absolute atomic E-state index is 0.0842. The molecule has 6 heteroatoms. The summed E-state index contributed by atoms with van der Waals surface area (Å²) in [5, 5.41) is 0. The minimum Gasteiger partial charge on any atom is -0.457 e. The lowest BCUT2D eigenvalue weighted by atomic mass is 10.3. The molecule has 3 aromatic rings. The second-order valence-electron chi connectivity index (χ2n) is 4.57. The van der Waals surface area contributed by atoms with Crippen LogP contribution in [0.5, 0.6) is 0 Å². The first kappa shape index (κ1) is 13.1. The molecule has 0 aliphatic carbocycles. The molecule has 6 nitrogen and oxygen atoms in total. The summed E-state index contributed by atoms with van der Waals surface area (Å²) in [5.74, 6) is -0.478. The van der Waals surface area contributed by atoms with Crippen molar-refractivity contribution < 1.29 is 13.9 Å². The van der Waals surface area contributed by atoms with Crippen LogP contribution in [0, 0.1) is 6.92 Å². The zero-order valence-corrected chi connectivity index (χ0v) is 11.3. The van der Waals surface area contributed by atoms with E-state index in [-0.39, 0.29) is 17.9 Å². The second kappa shape index (κ2) is 5.24. The van der Waals surface area contributed by atoms with Gasteiger partial charge in [0.15, 0.2) is 0 Å². The Bertz CT molecular complexity index is 850. The van der Waals surface area contributed by atoms with E-state index in [0.717, 1.165) is 5.56 Å². The van der Waals surface area contributed by atoms with Crippen LogP contribution in [-0.2, 0) is 11.3 Å². The zero-order valence-electron chi connectivity index (χ0n) is 11.3. The fraction of sp³-hybridized carbons (Fsp3) is 0.133. The molecule has 0 aromatic carbocycles.